The van der Waals surface area contributed by atoms with Crippen molar-refractivity contribution in [1.82, 2.24) is 4.90 Å². The molecule has 26 heavy (non-hydrogen) atoms. The van der Waals surface area contributed by atoms with Crippen molar-refractivity contribution in [2.24, 2.45) is 5.92 Å². The highest BCUT2D eigenvalue weighted by Gasteiger charge is 2.29. The van der Waals surface area contributed by atoms with Gasteiger partial charge in [-0.05, 0) is 18.1 Å². The molecule has 1 heterocycles. The molecule has 138 valence electrons. The number of anilines is 1. The lowest BCUT2D eigenvalue weighted by Crippen LogP contribution is -2.29. The Morgan fingerprint density at radius 2 is 2.08 bits per heavy atom. The Balaban J connectivity index is 1.57. The zero-order chi connectivity index (χ0) is 18.5. The van der Waals surface area contributed by atoms with Gasteiger partial charge >= 0.3 is 0 Å². The SMILES string of the molecule is COc1cc(N)c(Cl)cc1C(=O)N1CCC(COCc2ccccc2)C1. The number of likely N-dealkylation sites (tertiary alicyclic amines) is 1. The van der Waals surface area contributed by atoms with Crippen molar-refractivity contribution in [3.05, 3.63) is 58.6 Å². The van der Waals surface area contributed by atoms with Gasteiger partial charge in [0, 0.05) is 25.1 Å². The first kappa shape index (κ1) is 18.5. The summed E-state index contributed by atoms with van der Waals surface area (Å²) < 4.78 is 11.1. The molecule has 1 aliphatic rings. The van der Waals surface area contributed by atoms with Crippen LogP contribution in [0.1, 0.15) is 22.3 Å². The minimum atomic E-state index is -0.0886. The molecule has 2 N–H and O–H groups in total. The van der Waals surface area contributed by atoms with Gasteiger partial charge in [-0.1, -0.05) is 41.9 Å². The lowest BCUT2D eigenvalue weighted by Gasteiger charge is -2.19. The van der Waals surface area contributed by atoms with Gasteiger partial charge in [-0.25, -0.2) is 0 Å². The van der Waals surface area contributed by atoms with Gasteiger partial charge in [-0.15, -0.1) is 0 Å². The number of methoxy groups -OCH3 is 1. The molecule has 0 radical (unpaired) electrons. The molecule has 0 aliphatic carbocycles. The number of carbonyl (C=O) groups excluding carboxylic acids is 1. The maximum atomic E-state index is 12.8. The lowest BCUT2D eigenvalue weighted by atomic mass is 10.1. The molecule has 0 spiro atoms. The number of hydrogen-bond donors (Lipinski definition) is 1. The van der Waals surface area contributed by atoms with E-state index in [1.807, 2.05) is 35.2 Å². The molecule has 3 rings (SSSR count). The first-order valence-corrected chi connectivity index (χ1v) is 9.00. The maximum absolute atomic E-state index is 12.8. The Morgan fingerprint density at radius 1 is 1.31 bits per heavy atom. The number of ether oxygens (including phenoxy) is 2. The van der Waals surface area contributed by atoms with E-state index in [4.69, 9.17) is 26.8 Å². The quantitative estimate of drug-likeness (QED) is 0.784. The van der Waals surface area contributed by atoms with E-state index in [9.17, 15) is 4.79 Å². The highest BCUT2D eigenvalue weighted by Crippen LogP contribution is 2.31. The number of halogens is 1. The molecule has 1 amide bonds. The Morgan fingerprint density at radius 3 is 2.81 bits per heavy atom. The molecule has 0 saturated carbocycles. The van der Waals surface area contributed by atoms with Crippen LogP contribution in [-0.4, -0.2) is 37.6 Å². The molecule has 0 bridgehead atoms. The predicted octanol–water partition coefficient (Wildman–Crippen LogP) is 3.61. The van der Waals surface area contributed by atoms with E-state index in [0.717, 1.165) is 12.0 Å². The Labute approximate surface area is 158 Å². The van der Waals surface area contributed by atoms with E-state index in [1.54, 1.807) is 12.1 Å². The van der Waals surface area contributed by atoms with Crippen molar-refractivity contribution in [2.75, 3.05) is 32.5 Å². The fourth-order valence-electron chi connectivity index (χ4n) is 3.15. The highest BCUT2D eigenvalue weighted by molar-refractivity contribution is 6.33. The van der Waals surface area contributed by atoms with E-state index >= 15 is 0 Å². The van der Waals surface area contributed by atoms with Crippen LogP contribution >= 0.6 is 11.6 Å². The summed E-state index contributed by atoms with van der Waals surface area (Å²) in [5.41, 5.74) is 7.78. The van der Waals surface area contributed by atoms with Gasteiger partial charge in [-0.3, -0.25) is 4.79 Å². The first-order chi connectivity index (χ1) is 12.6. The van der Waals surface area contributed by atoms with Crippen LogP contribution in [0.5, 0.6) is 5.75 Å². The average molecular weight is 375 g/mol. The zero-order valence-corrected chi connectivity index (χ0v) is 15.5. The summed E-state index contributed by atoms with van der Waals surface area (Å²) in [6, 6.07) is 13.2. The standard InChI is InChI=1S/C20H23ClN2O3/c1-25-19-10-18(22)17(21)9-16(19)20(24)23-8-7-15(11-23)13-26-12-14-5-3-2-4-6-14/h2-6,9-10,15H,7-8,11-13,22H2,1H3. The number of nitrogens with zero attached hydrogens (tertiary/aromatic N) is 1. The number of benzene rings is 2. The van der Waals surface area contributed by atoms with Crippen LogP contribution in [0.4, 0.5) is 5.69 Å². The van der Waals surface area contributed by atoms with Crippen molar-refractivity contribution in [3.63, 3.8) is 0 Å². The summed E-state index contributed by atoms with van der Waals surface area (Å²) >= 11 is 6.08. The van der Waals surface area contributed by atoms with Gasteiger partial charge in [0.1, 0.15) is 5.75 Å². The molecule has 2 aromatic carbocycles. The summed E-state index contributed by atoms with van der Waals surface area (Å²) in [5, 5.41) is 0.357. The molecule has 5 nitrogen and oxygen atoms in total. The number of carbonyl (C=O) groups is 1. The lowest BCUT2D eigenvalue weighted by molar-refractivity contribution is 0.0730. The van der Waals surface area contributed by atoms with Crippen LogP contribution in [0, 0.1) is 5.92 Å². The molecule has 6 heteroatoms. The Hall–Kier alpha value is -2.24. The van der Waals surface area contributed by atoms with Gasteiger partial charge in [0.25, 0.3) is 5.91 Å². The molecule has 0 aromatic heterocycles. The second-order valence-corrected chi connectivity index (χ2v) is 6.89. The summed E-state index contributed by atoms with van der Waals surface area (Å²) in [7, 11) is 1.52. The zero-order valence-electron chi connectivity index (χ0n) is 14.8. The van der Waals surface area contributed by atoms with E-state index in [1.165, 1.54) is 7.11 Å². The van der Waals surface area contributed by atoms with Crippen LogP contribution in [0.15, 0.2) is 42.5 Å². The summed E-state index contributed by atoms with van der Waals surface area (Å²) in [6.07, 6.45) is 0.922. The normalized spacial score (nSPS) is 16.7. The maximum Gasteiger partial charge on any atom is 0.257 e. The Bertz CT molecular complexity index is 767. The van der Waals surface area contributed by atoms with Crippen LogP contribution in [0.25, 0.3) is 0 Å². The van der Waals surface area contributed by atoms with Crippen LogP contribution in [-0.2, 0) is 11.3 Å². The second-order valence-electron chi connectivity index (χ2n) is 6.48. The van der Waals surface area contributed by atoms with Gasteiger partial charge in [0.15, 0.2) is 0 Å². The molecule has 2 aromatic rings. The highest BCUT2D eigenvalue weighted by atomic mass is 35.5. The van der Waals surface area contributed by atoms with E-state index in [2.05, 4.69) is 0 Å². The van der Waals surface area contributed by atoms with Crippen LogP contribution in [0.3, 0.4) is 0 Å². The number of amides is 1. The minimum absolute atomic E-state index is 0.0886. The number of hydrogen-bond acceptors (Lipinski definition) is 4. The summed E-state index contributed by atoms with van der Waals surface area (Å²) in [4.78, 5) is 14.7. The Kier molecular flexibility index (Phi) is 6.01. The monoisotopic (exact) mass is 374 g/mol. The van der Waals surface area contributed by atoms with Gasteiger partial charge < -0.3 is 20.1 Å². The van der Waals surface area contributed by atoms with Crippen LogP contribution in [0.2, 0.25) is 5.02 Å². The van der Waals surface area contributed by atoms with Gasteiger partial charge in [-0.2, -0.15) is 0 Å². The molecule has 1 saturated heterocycles. The minimum Gasteiger partial charge on any atom is -0.496 e. The van der Waals surface area contributed by atoms with E-state index in [0.29, 0.717) is 54.2 Å². The topological polar surface area (TPSA) is 64.8 Å². The smallest absolute Gasteiger partial charge is 0.257 e. The third kappa shape index (κ3) is 4.29. The molecular weight excluding hydrogens is 352 g/mol. The van der Waals surface area contributed by atoms with Crippen LogP contribution < -0.4 is 10.5 Å². The van der Waals surface area contributed by atoms with Crippen molar-refractivity contribution in [2.45, 2.75) is 13.0 Å². The third-order valence-electron chi connectivity index (χ3n) is 4.59. The fourth-order valence-corrected chi connectivity index (χ4v) is 3.31. The molecular formula is C20H23ClN2O3. The van der Waals surface area contributed by atoms with Gasteiger partial charge in [0.05, 0.1) is 36.6 Å². The first-order valence-electron chi connectivity index (χ1n) is 8.62. The molecule has 1 unspecified atom stereocenters. The van der Waals surface area contributed by atoms with Crippen molar-refractivity contribution in [1.29, 1.82) is 0 Å². The van der Waals surface area contributed by atoms with Gasteiger partial charge in [0.2, 0.25) is 0 Å². The summed E-state index contributed by atoms with van der Waals surface area (Å²) in [5.74, 6) is 0.688. The van der Waals surface area contributed by atoms with Crippen molar-refractivity contribution < 1.29 is 14.3 Å². The third-order valence-corrected chi connectivity index (χ3v) is 4.91. The number of rotatable bonds is 6. The fraction of sp³-hybridized carbons (Fsp3) is 0.350. The molecule has 1 fully saturated rings. The predicted molar refractivity (Wildman–Crippen MR) is 103 cm³/mol. The van der Waals surface area contributed by atoms with Crippen molar-refractivity contribution >= 4 is 23.2 Å². The largest absolute Gasteiger partial charge is 0.496 e. The molecule has 1 aliphatic heterocycles. The average Bonchev–Trinajstić information content (AvgIpc) is 3.13. The van der Waals surface area contributed by atoms with E-state index in [-0.39, 0.29) is 5.91 Å². The van der Waals surface area contributed by atoms with E-state index < -0.39 is 0 Å². The summed E-state index contributed by atoms with van der Waals surface area (Å²) in [6.45, 7) is 2.59. The number of nitrogens with two attached hydrogens (primary N) is 1. The number of nitrogen functional groups attached to an aromatic ring is 1. The second kappa shape index (κ2) is 8.43. The van der Waals surface area contributed by atoms with Crippen molar-refractivity contribution in [3.8, 4) is 5.75 Å². The molecule has 1 atom stereocenters.